The van der Waals surface area contributed by atoms with Gasteiger partial charge in [-0.1, -0.05) is 18.2 Å². The highest BCUT2D eigenvalue weighted by Gasteiger charge is 2.25. The lowest BCUT2D eigenvalue weighted by atomic mass is 10.1. The van der Waals surface area contributed by atoms with Crippen LogP contribution < -0.4 is 10.1 Å². The molecule has 1 fully saturated rings. The van der Waals surface area contributed by atoms with Gasteiger partial charge in [-0.05, 0) is 35.6 Å². The fourth-order valence-corrected chi connectivity index (χ4v) is 4.45. The fourth-order valence-electron chi connectivity index (χ4n) is 3.81. The number of piperazine rings is 1. The normalized spacial score (nSPS) is 18.7. The Labute approximate surface area is 164 Å². The molecule has 0 aliphatic carbocycles. The second-order valence-electron chi connectivity index (χ2n) is 7.33. The van der Waals surface area contributed by atoms with Crippen LogP contribution in [0.4, 0.5) is 0 Å². The van der Waals surface area contributed by atoms with Gasteiger partial charge in [0.15, 0.2) is 0 Å². The highest BCUT2D eigenvalue weighted by Crippen LogP contribution is 2.26. The van der Waals surface area contributed by atoms with E-state index in [4.69, 9.17) is 4.74 Å². The maximum atomic E-state index is 12.4. The first-order valence-electron chi connectivity index (χ1n) is 9.70. The van der Waals surface area contributed by atoms with Crippen molar-refractivity contribution in [3.63, 3.8) is 0 Å². The molecule has 0 spiro atoms. The summed E-state index contributed by atoms with van der Waals surface area (Å²) in [5.41, 5.74) is 2.69. The van der Waals surface area contributed by atoms with Gasteiger partial charge in [0, 0.05) is 44.0 Å². The van der Waals surface area contributed by atoms with Crippen LogP contribution in [0, 0.1) is 0 Å². The average molecular weight is 386 g/mol. The largest absolute Gasteiger partial charge is 0.493 e. The monoisotopic (exact) mass is 385 g/mol. The van der Waals surface area contributed by atoms with Crippen molar-refractivity contribution in [2.24, 2.45) is 0 Å². The molecule has 1 N–H and O–H groups in total. The molecule has 1 atom stereocenters. The molecule has 0 radical (unpaired) electrons. The highest BCUT2D eigenvalue weighted by atomic mass is 32.1. The van der Waals surface area contributed by atoms with Gasteiger partial charge in [-0.15, -0.1) is 11.3 Å². The van der Waals surface area contributed by atoms with Crippen molar-refractivity contribution >= 4 is 17.2 Å². The number of carbonyl (C=O) groups is 1. The summed E-state index contributed by atoms with van der Waals surface area (Å²) in [6.07, 6.45) is 1.02. The molecule has 27 heavy (non-hydrogen) atoms. The Morgan fingerprint density at radius 3 is 2.89 bits per heavy atom. The number of fused-ring (bicyclic) bond motifs is 1. The van der Waals surface area contributed by atoms with Crippen LogP contribution in [0.2, 0.25) is 0 Å². The van der Waals surface area contributed by atoms with E-state index in [0.29, 0.717) is 6.54 Å². The van der Waals surface area contributed by atoms with Gasteiger partial charge in [0.1, 0.15) is 5.75 Å². The molecule has 1 aromatic heterocycles. The van der Waals surface area contributed by atoms with Crippen LogP contribution >= 0.6 is 11.3 Å². The average Bonchev–Trinajstić information content (AvgIpc) is 3.37. The summed E-state index contributed by atoms with van der Waals surface area (Å²) >= 11 is 1.68. The Bertz CT molecular complexity index is 770. The van der Waals surface area contributed by atoms with E-state index < -0.39 is 0 Å². The number of hydrogen-bond acceptors (Lipinski definition) is 5. The van der Waals surface area contributed by atoms with Crippen molar-refractivity contribution < 1.29 is 9.53 Å². The predicted molar refractivity (Wildman–Crippen MR) is 108 cm³/mol. The predicted octanol–water partition coefficient (Wildman–Crippen LogP) is 2.51. The van der Waals surface area contributed by atoms with E-state index in [-0.39, 0.29) is 11.9 Å². The fraction of sp³-hybridized carbons (Fsp3) is 0.476. The smallest absolute Gasteiger partial charge is 0.237 e. The zero-order valence-corrected chi connectivity index (χ0v) is 16.6. The molecule has 1 unspecified atom stereocenters. The lowest BCUT2D eigenvalue weighted by molar-refractivity contribution is -0.126. The number of amides is 1. The molecule has 144 valence electrons. The minimum atomic E-state index is -0.0794. The van der Waals surface area contributed by atoms with Gasteiger partial charge in [0.05, 0.1) is 19.2 Å². The van der Waals surface area contributed by atoms with Crippen LogP contribution in [0.5, 0.6) is 5.75 Å². The van der Waals surface area contributed by atoms with Crippen LogP contribution in [-0.4, -0.2) is 54.5 Å². The highest BCUT2D eigenvalue weighted by molar-refractivity contribution is 7.09. The first-order valence-corrected chi connectivity index (χ1v) is 10.6. The third kappa shape index (κ3) is 4.51. The van der Waals surface area contributed by atoms with Crippen LogP contribution in [0.15, 0.2) is 35.7 Å². The molecule has 2 aliphatic rings. The minimum absolute atomic E-state index is 0.0794. The number of thiophene rings is 1. The summed E-state index contributed by atoms with van der Waals surface area (Å²) in [5, 5.41) is 5.10. The molecule has 1 amide bonds. The molecule has 0 saturated carbocycles. The second-order valence-corrected chi connectivity index (χ2v) is 8.36. The number of hydrogen-bond donors (Lipinski definition) is 1. The van der Waals surface area contributed by atoms with Gasteiger partial charge in [-0.25, -0.2) is 0 Å². The third-order valence-corrected chi connectivity index (χ3v) is 6.39. The Morgan fingerprint density at radius 1 is 1.26 bits per heavy atom. The minimum Gasteiger partial charge on any atom is -0.493 e. The van der Waals surface area contributed by atoms with Crippen molar-refractivity contribution in [3.8, 4) is 5.75 Å². The lowest BCUT2D eigenvalue weighted by Crippen LogP contribution is -2.53. The quantitative estimate of drug-likeness (QED) is 0.830. The SMILES string of the molecule is CC(C(=O)NCc1cccs1)N1CCN(Cc2ccc3c(c2)CCO3)CC1. The van der Waals surface area contributed by atoms with Gasteiger partial charge >= 0.3 is 0 Å². The Hall–Kier alpha value is -1.89. The van der Waals surface area contributed by atoms with Gasteiger partial charge in [0.25, 0.3) is 0 Å². The summed E-state index contributed by atoms with van der Waals surface area (Å²) in [5.74, 6) is 1.17. The maximum Gasteiger partial charge on any atom is 0.237 e. The summed E-state index contributed by atoms with van der Waals surface area (Å²) in [4.78, 5) is 18.4. The van der Waals surface area contributed by atoms with E-state index in [1.165, 1.54) is 16.0 Å². The molecule has 2 aliphatic heterocycles. The van der Waals surface area contributed by atoms with E-state index >= 15 is 0 Å². The molecule has 2 aromatic rings. The summed E-state index contributed by atoms with van der Waals surface area (Å²) < 4.78 is 5.59. The van der Waals surface area contributed by atoms with Crippen LogP contribution in [-0.2, 0) is 24.3 Å². The molecule has 1 aromatic carbocycles. The Kier molecular flexibility index (Phi) is 5.76. The first kappa shape index (κ1) is 18.5. The van der Waals surface area contributed by atoms with Crippen molar-refractivity contribution in [1.29, 1.82) is 0 Å². The van der Waals surface area contributed by atoms with Gasteiger partial charge in [0.2, 0.25) is 5.91 Å². The Balaban J connectivity index is 1.24. The number of rotatable bonds is 6. The molecule has 0 bridgehead atoms. The summed E-state index contributed by atoms with van der Waals surface area (Å²) in [6.45, 7) is 8.28. The zero-order valence-electron chi connectivity index (χ0n) is 15.8. The van der Waals surface area contributed by atoms with E-state index in [9.17, 15) is 4.79 Å². The summed E-state index contributed by atoms with van der Waals surface area (Å²) in [7, 11) is 0. The van der Waals surface area contributed by atoms with Crippen molar-refractivity contribution in [3.05, 3.63) is 51.7 Å². The van der Waals surface area contributed by atoms with Crippen molar-refractivity contribution in [1.82, 2.24) is 15.1 Å². The van der Waals surface area contributed by atoms with Crippen LogP contribution in [0.3, 0.4) is 0 Å². The topological polar surface area (TPSA) is 44.8 Å². The summed E-state index contributed by atoms with van der Waals surface area (Å²) in [6, 6.07) is 10.6. The van der Waals surface area contributed by atoms with Gasteiger partial charge in [-0.3, -0.25) is 14.6 Å². The first-order chi connectivity index (χ1) is 13.2. The number of ether oxygens (including phenoxy) is 1. The standard InChI is InChI=1S/C21H27N3O2S/c1-16(21(25)22-14-19-3-2-12-27-19)24-9-7-23(8-10-24)15-17-4-5-20-18(13-17)6-11-26-20/h2-5,12-13,16H,6-11,14-15H2,1H3,(H,22,25). The van der Waals surface area contributed by atoms with Gasteiger partial charge in [-0.2, -0.15) is 0 Å². The molecule has 3 heterocycles. The number of nitrogens with one attached hydrogen (secondary N) is 1. The molecular formula is C21H27N3O2S. The van der Waals surface area contributed by atoms with Crippen molar-refractivity contribution in [2.75, 3.05) is 32.8 Å². The van der Waals surface area contributed by atoms with E-state index in [0.717, 1.165) is 51.5 Å². The zero-order chi connectivity index (χ0) is 18.6. The number of nitrogens with zero attached hydrogens (tertiary/aromatic N) is 2. The molecule has 6 heteroatoms. The van der Waals surface area contributed by atoms with E-state index in [2.05, 4.69) is 39.4 Å². The van der Waals surface area contributed by atoms with Crippen LogP contribution in [0.1, 0.15) is 22.9 Å². The maximum absolute atomic E-state index is 12.4. The second kappa shape index (κ2) is 8.42. The Morgan fingerprint density at radius 2 is 2.11 bits per heavy atom. The number of benzene rings is 1. The molecule has 5 nitrogen and oxygen atoms in total. The molecule has 1 saturated heterocycles. The number of carbonyl (C=O) groups excluding carboxylic acids is 1. The van der Waals surface area contributed by atoms with E-state index in [1.54, 1.807) is 11.3 Å². The van der Waals surface area contributed by atoms with Crippen LogP contribution in [0.25, 0.3) is 0 Å². The lowest BCUT2D eigenvalue weighted by Gasteiger charge is -2.37. The molecule has 4 rings (SSSR count). The third-order valence-electron chi connectivity index (χ3n) is 5.51. The van der Waals surface area contributed by atoms with Gasteiger partial charge < -0.3 is 10.1 Å². The van der Waals surface area contributed by atoms with E-state index in [1.807, 2.05) is 18.4 Å². The van der Waals surface area contributed by atoms with Crippen molar-refractivity contribution in [2.45, 2.75) is 32.5 Å². The molecular weight excluding hydrogens is 358 g/mol.